The standard InChI is InChI=1S/C11H19N/c1-6-10(4)8-12-11(5)7-9(2)3/h7-8H,6H2,1-5H3/b10-8+,12-11?. The van der Waals surface area contributed by atoms with Crippen molar-refractivity contribution in [1.82, 2.24) is 0 Å². The summed E-state index contributed by atoms with van der Waals surface area (Å²) in [6, 6.07) is 0. The third kappa shape index (κ3) is 5.90. The summed E-state index contributed by atoms with van der Waals surface area (Å²) in [7, 11) is 0. The Balaban J connectivity index is 4.28. The van der Waals surface area contributed by atoms with Crippen LogP contribution < -0.4 is 0 Å². The summed E-state index contributed by atoms with van der Waals surface area (Å²) in [6.07, 6.45) is 5.10. The van der Waals surface area contributed by atoms with Gasteiger partial charge in [-0.3, -0.25) is 4.99 Å². The van der Waals surface area contributed by atoms with Crippen molar-refractivity contribution in [3.05, 3.63) is 23.4 Å². The van der Waals surface area contributed by atoms with Crippen LogP contribution >= 0.6 is 0 Å². The highest BCUT2D eigenvalue weighted by atomic mass is 14.7. The lowest BCUT2D eigenvalue weighted by molar-refractivity contribution is 1.09. The van der Waals surface area contributed by atoms with Crippen LogP contribution in [0.1, 0.15) is 41.0 Å². The van der Waals surface area contributed by atoms with E-state index in [1.807, 2.05) is 13.1 Å². The first-order valence-corrected chi connectivity index (χ1v) is 4.41. The van der Waals surface area contributed by atoms with Crippen molar-refractivity contribution >= 4 is 5.71 Å². The largest absolute Gasteiger partial charge is 0.262 e. The predicted molar refractivity (Wildman–Crippen MR) is 56.6 cm³/mol. The van der Waals surface area contributed by atoms with Crippen molar-refractivity contribution in [2.75, 3.05) is 0 Å². The van der Waals surface area contributed by atoms with Crippen LogP contribution in [0.5, 0.6) is 0 Å². The molecule has 0 fully saturated rings. The molecule has 0 amide bonds. The van der Waals surface area contributed by atoms with E-state index in [0.717, 1.165) is 12.1 Å². The third-order valence-corrected chi connectivity index (χ3v) is 1.54. The van der Waals surface area contributed by atoms with Gasteiger partial charge in [0.25, 0.3) is 0 Å². The highest BCUT2D eigenvalue weighted by Gasteiger charge is 1.84. The fraction of sp³-hybridized carbons (Fsp3) is 0.545. The molecule has 12 heavy (non-hydrogen) atoms. The third-order valence-electron chi connectivity index (χ3n) is 1.54. The van der Waals surface area contributed by atoms with Crippen LogP contribution in [0.25, 0.3) is 0 Å². The van der Waals surface area contributed by atoms with Gasteiger partial charge in [-0.05, 0) is 40.2 Å². The van der Waals surface area contributed by atoms with Crippen molar-refractivity contribution in [2.24, 2.45) is 4.99 Å². The van der Waals surface area contributed by atoms with Crippen LogP contribution in [-0.2, 0) is 0 Å². The highest BCUT2D eigenvalue weighted by Crippen LogP contribution is 1.99. The summed E-state index contributed by atoms with van der Waals surface area (Å²) in [5.41, 5.74) is 3.68. The lowest BCUT2D eigenvalue weighted by Crippen LogP contribution is -1.84. The van der Waals surface area contributed by atoms with E-state index in [1.165, 1.54) is 11.1 Å². The summed E-state index contributed by atoms with van der Waals surface area (Å²) in [4.78, 5) is 4.31. The number of hydrogen-bond donors (Lipinski definition) is 0. The zero-order chi connectivity index (χ0) is 9.56. The molecule has 0 aromatic heterocycles. The van der Waals surface area contributed by atoms with Gasteiger partial charge in [-0.2, -0.15) is 0 Å². The Labute approximate surface area is 75.9 Å². The Morgan fingerprint density at radius 3 is 2.17 bits per heavy atom. The number of aliphatic imine (C=N–C) groups is 1. The molecule has 0 rings (SSSR count). The maximum atomic E-state index is 4.31. The zero-order valence-electron chi connectivity index (χ0n) is 8.81. The molecule has 0 aromatic carbocycles. The fourth-order valence-corrected chi connectivity index (χ4v) is 0.758. The molecule has 1 heteroatoms. The molecule has 0 saturated heterocycles. The molecule has 0 saturated carbocycles. The summed E-state index contributed by atoms with van der Waals surface area (Å²) in [5.74, 6) is 0. The van der Waals surface area contributed by atoms with E-state index >= 15 is 0 Å². The van der Waals surface area contributed by atoms with Gasteiger partial charge < -0.3 is 0 Å². The smallest absolute Gasteiger partial charge is 0.0371 e. The van der Waals surface area contributed by atoms with Crippen LogP contribution in [0, 0.1) is 0 Å². The average molecular weight is 165 g/mol. The Bertz CT molecular complexity index is 215. The van der Waals surface area contributed by atoms with E-state index in [-0.39, 0.29) is 0 Å². The molecule has 0 N–H and O–H groups in total. The average Bonchev–Trinajstić information content (AvgIpc) is 1.99. The van der Waals surface area contributed by atoms with Gasteiger partial charge in [-0.1, -0.05) is 18.1 Å². The van der Waals surface area contributed by atoms with Crippen LogP contribution in [0.2, 0.25) is 0 Å². The van der Waals surface area contributed by atoms with Gasteiger partial charge in [0.05, 0.1) is 0 Å². The van der Waals surface area contributed by atoms with Gasteiger partial charge in [0.15, 0.2) is 0 Å². The monoisotopic (exact) mass is 165 g/mol. The van der Waals surface area contributed by atoms with Gasteiger partial charge in [0.1, 0.15) is 0 Å². The second kappa shape index (κ2) is 5.76. The van der Waals surface area contributed by atoms with E-state index in [9.17, 15) is 0 Å². The van der Waals surface area contributed by atoms with Gasteiger partial charge in [-0.15, -0.1) is 0 Å². The van der Waals surface area contributed by atoms with Crippen LogP contribution in [0.3, 0.4) is 0 Å². The van der Waals surface area contributed by atoms with E-state index in [1.54, 1.807) is 0 Å². The first-order valence-electron chi connectivity index (χ1n) is 4.41. The van der Waals surface area contributed by atoms with E-state index in [4.69, 9.17) is 0 Å². The minimum absolute atomic E-state index is 1.07. The summed E-state index contributed by atoms with van der Waals surface area (Å²) >= 11 is 0. The van der Waals surface area contributed by atoms with Crippen LogP contribution in [0.15, 0.2) is 28.4 Å². The lowest BCUT2D eigenvalue weighted by atomic mass is 10.2. The molecule has 0 bridgehead atoms. The minimum atomic E-state index is 1.07. The predicted octanol–water partition coefficient (Wildman–Crippen LogP) is 3.73. The molecule has 0 heterocycles. The van der Waals surface area contributed by atoms with Gasteiger partial charge in [-0.25, -0.2) is 0 Å². The van der Waals surface area contributed by atoms with Crippen molar-refractivity contribution in [3.63, 3.8) is 0 Å². The Hall–Kier alpha value is -0.850. The Morgan fingerprint density at radius 1 is 1.17 bits per heavy atom. The first kappa shape index (κ1) is 11.2. The number of hydrogen-bond acceptors (Lipinski definition) is 1. The second-order valence-electron chi connectivity index (χ2n) is 3.32. The molecule has 0 atom stereocenters. The quantitative estimate of drug-likeness (QED) is 0.565. The van der Waals surface area contributed by atoms with Crippen molar-refractivity contribution in [3.8, 4) is 0 Å². The molecule has 0 aliphatic rings. The van der Waals surface area contributed by atoms with Crippen LogP contribution in [-0.4, -0.2) is 5.71 Å². The molecule has 1 nitrogen and oxygen atoms in total. The van der Waals surface area contributed by atoms with Gasteiger partial charge in [0.2, 0.25) is 0 Å². The van der Waals surface area contributed by atoms with E-state index < -0.39 is 0 Å². The summed E-state index contributed by atoms with van der Waals surface area (Å²) in [5, 5.41) is 0. The molecule has 0 aliphatic heterocycles. The molecule has 0 aliphatic carbocycles. The maximum Gasteiger partial charge on any atom is 0.0371 e. The Kier molecular flexibility index (Phi) is 5.35. The van der Waals surface area contributed by atoms with Crippen molar-refractivity contribution < 1.29 is 0 Å². The SMILES string of the molecule is CC/C(C)=C/N=C(C)C=C(C)C. The first-order chi connectivity index (χ1) is 5.56. The van der Waals surface area contributed by atoms with Crippen molar-refractivity contribution in [2.45, 2.75) is 41.0 Å². The normalized spacial score (nSPS) is 13.1. The molecule has 0 radical (unpaired) electrons. The van der Waals surface area contributed by atoms with Crippen LogP contribution in [0.4, 0.5) is 0 Å². The molecular formula is C11H19N. The number of rotatable bonds is 3. The number of allylic oxidation sites excluding steroid dienone is 3. The zero-order valence-corrected chi connectivity index (χ0v) is 8.81. The molecule has 0 unspecified atom stereocenters. The second-order valence-corrected chi connectivity index (χ2v) is 3.32. The fourth-order valence-electron chi connectivity index (χ4n) is 0.758. The summed E-state index contributed by atoms with van der Waals surface area (Å²) in [6.45, 7) is 10.4. The van der Waals surface area contributed by atoms with E-state index in [2.05, 4.69) is 38.8 Å². The highest BCUT2D eigenvalue weighted by molar-refractivity contribution is 5.93. The lowest BCUT2D eigenvalue weighted by Gasteiger charge is -1.93. The molecular weight excluding hydrogens is 146 g/mol. The number of nitrogens with zero attached hydrogens (tertiary/aromatic N) is 1. The summed E-state index contributed by atoms with van der Waals surface area (Å²) < 4.78 is 0. The topological polar surface area (TPSA) is 12.4 Å². The van der Waals surface area contributed by atoms with E-state index in [0.29, 0.717) is 0 Å². The van der Waals surface area contributed by atoms with Gasteiger partial charge in [0, 0.05) is 11.9 Å². The van der Waals surface area contributed by atoms with Crippen molar-refractivity contribution in [1.29, 1.82) is 0 Å². The minimum Gasteiger partial charge on any atom is -0.262 e. The maximum absolute atomic E-state index is 4.31. The molecule has 68 valence electrons. The molecule has 0 spiro atoms. The van der Waals surface area contributed by atoms with Gasteiger partial charge >= 0.3 is 0 Å². The molecule has 0 aromatic rings. The Morgan fingerprint density at radius 2 is 1.75 bits per heavy atom.